The Labute approximate surface area is 123 Å². The van der Waals surface area contributed by atoms with Gasteiger partial charge in [-0.2, -0.15) is 0 Å². The molecule has 0 amide bonds. The Morgan fingerprint density at radius 2 is 1.95 bits per heavy atom. The molecule has 8 heteroatoms. The second kappa shape index (κ2) is 7.26. The number of aliphatic hydroxyl groups excluding tert-OH is 1. The van der Waals surface area contributed by atoms with Gasteiger partial charge in [-0.3, -0.25) is 0 Å². The molecule has 0 aromatic heterocycles. The van der Waals surface area contributed by atoms with Crippen molar-refractivity contribution in [2.24, 2.45) is 5.92 Å². The highest BCUT2D eigenvalue weighted by molar-refractivity contribution is 7.89. The molecule has 0 radical (unpaired) electrons. The number of halogens is 2. The number of methoxy groups -OCH3 is 1. The molecular weight excluding hydrogens is 304 g/mol. The first-order valence-corrected chi connectivity index (χ1v) is 7.81. The fourth-order valence-electron chi connectivity index (χ4n) is 1.71. The second-order valence-corrected chi connectivity index (χ2v) is 6.66. The van der Waals surface area contributed by atoms with Crippen molar-refractivity contribution in [2.45, 2.75) is 31.4 Å². The molecule has 0 saturated heterocycles. The normalized spacial score (nSPS) is 13.7. The van der Waals surface area contributed by atoms with E-state index in [9.17, 15) is 17.2 Å². The Balaban J connectivity index is 3.21. The maximum Gasteiger partial charge on any atom is 0.243 e. The van der Waals surface area contributed by atoms with Gasteiger partial charge >= 0.3 is 0 Å². The van der Waals surface area contributed by atoms with E-state index in [-0.39, 0.29) is 18.1 Å². The zero-order valence-corrected chi connectivity index (χ0v) is 12.9. The van der Waals surface area contributed by atoms with Gasteiger partial charge in [0.05, 0.1) is 13.2 Å². The molecule has 0 heterocycles. The Morgan fingerprint density at radius 3 is 2.43 bits per heavy atom. The summed E-state index contributed by atoms with van der Waals surface area (Å²) in [7, 11) is -2.86. The van der Waals surface area contributed by atoms with Gasteiger partial charge in [-0.05, 0) is 23.6 Å². The van der Waals surface area contributed by atoms with Gasteiger partial charge < -0.3 is 9.84 Å². The van der Waals surface area contributed by atoms with Crippen LogP contribution in [0.5, 0.6) is 0 Å². The third kappa shape index (κ3) is 4.44. The smallest absolute Gasteiger partial charge is 0.243 e. The van der Waals surface area contributed by atoms with Gasteiger partial charge in [-0.25, -0.2) is 21.9 Å². The molecule has 0 spiro atoms. The molecule has 0 fully saturated rings. The first-order valence-electron chi connectivity index (χ1n) is 6.33. The van der Waals surface area contributed by atoms with Crippen LogP contribution in [0.15, 0.2) is 17.0 Å². The minimum Gasteiger partial charge on any atom is -0.392 e. The average molecular weight is 323 g/mol. The molecule has 0 bridgehead atoms. The van der Waals surface area contributed by atoms with Crippen LogP contribution in [0.4, 0.5) is 8.78 Å². The molecule has 1 rings (SSSR count). The zero-order valence-electron chi connectivity index (χ0n) is 12.1. The van der Waals surface area contributed by atoms with Crippen LogP contribution in [0.25, 0.3) is 0 Å². The number of aliphatic hydroxyl groups is 1. The number of hydrogen-bond acceptors (Lipinski definition) is 4. The Hall–Kier alpha value is -1.09. The lowest BCUT2D eigenvalue weighted by atomic mass is 10.1. The molecule has 0 saturated carbocycles. The minimum atomic E-state index is -4.27. The summed E-state index contributed by atoms with van der Waals surface area (Å²) in [5, 5.41) is 8.97. The maximum absolute atomic E-state index is 13.7. The van der Waals surface area contributed by atoms with Crippen LogP contribution in [-0.2, 0) is 21.4 Å². The van der Waals surface area contributed by atoms with Gasteiger partial charge in [0, 0.05) is 13.2 Å². The number of rotatable bonds is 7. The molecule has 1 unspecified atom stereocenters. The van der Waals surface area contributed by atoms with Gasteiger partial charge in [0.25, 0.3) is 0 Å². The van der Waals surface area contributed by atoms with Crippen molar-refractivity contribution in [1.82, 2.24) is 4.72 Å². The van der Waals surface area contributed by atoms with Gasteiger partial charge in [-0.15, -0.1) is 0 Å². The van der Waals surface area contributed by atoms with E-state index in [4.69, 9.17) is 9.84 Å². The van der Waals surface area contributed by atoms with Crippen molar-refractivity contribution in [3.05, 3.63) is 29.3 Å². The van der Waals surface area contributed by atoms with Gasteiger partial charge in [-0.1, -0.05) is 13.8 Å². The maximum atomic E-state index is 13.7. The largest absolute Gasteiger partial charge is 0.392 e. The van der Waals surface area contributed by atoms with Crippen LogP contribution in [-0.4, -0.2) is 33.3 Å². The lowest BCUT2D eigenvalue weighted by molar-refractivity contribution is 0.157. The minimum absolute atomic E-state index is 0.0258. The summed E-state index contributed by atoms with van der Waals surface area (Å²) in [4.78, 5) is -0.826. The molecule has 0 aliphatic rings. The van der Waals surface area contributed by atoms with Crippen LogP contribution in [0.1, 0.15) is 19.4 Å². The van der Waals surface area contributed by atoms with Crippen molar-refractivity contribution in [2.75, 3.05) is 13.7 Å². The molecule has 1 aromatic rings. The Morgan fingerprint density at radius 1 is 1.33 bits per heavy atom. The van der Waals surface area contributed by atoms with Crippen molar-refractivity contribution in [3.63, 3.8) is 0 Å². The molecule has 0 aliphatic carbocycles. The number of ether oxygens (including phenoxy) is 1. The van der Waals surface area contributed by atoms with Crippen LogP contribution >= 0.6 is 0 Å². The average Bonchev–Trinajstić information content (AvgIpc) is 2.40. The van der Waals surface area contributed by atoms with Crippen LogP contribution in [0, 0.1) is 17.6 Å². The van der Waals surface area contributed by atoms with Crippen molar-refractivity contribution in [3.8, 4) is 0 Å². The fourth-order valence-corrected chi connectivity index (χ4v) is 3.21. The summed E-state index contributed by atoms with van der Waals surface area (Å²) >= 11 is 0. The van der Waals surface area contributed by atoms with Crippen LogP contribution in [0.2, 0.25) is 0 Å². The molecule has 2 N–H and O–H groups in total. The molecule has 21 heavy (non-hydrogen) atoms. The highest BCUT2D eigenvalue weighted by atomic mass is 32.2. The summed E-state index contributed by atoms with van der Waals surface area (Å²) in [6.07, 6.45) is 0. The molecule has 1 atom stereocenters. The van der Waals surface area contributed by atoms with Crippen LogP contribution in [0.3, 0.4) is 0 Å². The number of benzene rings is 1. The predicted octanol–water partition coefficient (Wildman–Crippen LogP) is 1.41. The first-order chi connectivity index (χ1) is 9.72. The summed E-state index contributed by atoms with van der Waals surface area (Å²) in [6, 6.07) is 1.08. The number of hydrogen-bond donors (Lipinski definition) is 2. The molecule has 0 aliphatic heterocycles. The van der Waals surface area contributed by atoms with Gasteiger partial charge in [0.1, 0.15) is 4.90 Å². The molecule has 120 valence electrons. The molecular formula is C13H19F2NO4S. The van der Waals surface area contributed by atoms with E-state index in [0.717, 1.165) is 12.1 Å². The highest BCUT2D eigenvalue weighted by Crippen LogP contribution is 2.21. The Bertz CT molecular complexity index is 590. The Kier molecular flexibility index (Phi) is 6.21. The quantitative estimate of drug-likeness (QED) is 0.795. The summed E-state index contributed by atoms with van der Waals surface area (Å²) < 4.78 is 58.8. The van der Waals surface area contributed by atoms with Crippen molar-refractivity contribution < 1.29 is 27.0 Å². The second-order valence-electron chi connectivity index (χ2n) is 4.98. The lowest BCUT2D eigenvalue weighted by Gasteiger charge is -2.21. The van der Waals surface area contributed by atoms with E-state index in [2.05, 4.69) is 4.72 Å². The van der Waals surface area contributed by atoms with E-state index in [1.165, 1.54) is 7.11 Å². The highest BCUT2D eigenvalue weighted by Gasteiger charge is 2.27. The van der Waals surface area contributed by atoms with Gasteiger partial charge in [0.15, 0.2) is 11.6 Å². The zero-order chi connectivity index (χ0) is 16.2. The third-order valence-corrected chi connectivity index (χ3v) is 4.47. The third-order valence-electron chi connectivity index (χ3n) is 2.98. The summed E-state index contributed by atoms with van der Waals surface area (Å²) in [5.41, 5.74) is -0.0258. The molecule has 1 aromatic carbocycles. The van der Waals surface area contributed by atoms with Crippen LogP contribution < -0.4 is 4.72 Å². The van der Waals surface area contributed by atoms with Crippen molar-refractivity contribution >= 4 is 10.0 Å². The number of sulfonamides is 1. The topological polar surface area (TPSA) is 75.6 Å². The lowest BCUT2D eigenvalue weighted by Crippen LogP contribution is -2.41. The predicted molar refractivity (Wildman–Crippen MR) is 73.1 cm³/mol. The monoisotopic (exact) mass is 323 g/mol. The van der Waals surface area contributed by atoms with Crippen molar-refractivity contribution in [1.29, 1.82) is 0 Å². The molecule has 5 nitrogen and oxygen atoms in total. The van der Waals surface area contributed by atoms with E-state index in [1.54, 1.807) is 13.8 Å². The van der Waals surface area contributed by atoms with E-state index in [0.29, 0.717) is 0 Å². The standard InChI is InChI=1S/C13H19F2NO4S/c1-8(2)11(7-20-3)16-21(18,19)12-5-9(6-17)4-10(14)13(12)15/h4-5,8,11,16-17H,6-7H2,1-3H3. The van der Waals surface area contributed by atoms with Gasteiger partial charge in [0.2, 0.25) is 10.0 Å². The SMILES string of the molecule is COCC(NS(=O)(=O)c1cc(CO)cc(F)c1F)C(C)C. The summed E-state index contributed by atoms with van der Waals surface area (Å²) in [6.45, 7) is 3.05. The van der Waals surface area contributed by atoms with E-state index in [1.807, 2.05) is 0 Å². The van der Waals surface area contributed by atoms with E-state index >= 15 is 0 Å². The number of nitrogens with one attached hydrogen (secondary N) is 1. The fraction of sp³-hybridized carbons (Fsp3) is 0.538. The van der Waals surface area contributed by atoms with E-state index < -0.39 is 39.2 Å². The first kappa shape index (κ1) is 18.0. The summed E-state index contributed by atoms with van der Waals surface area (Å²) in [5.74, 6) is -2.90.